The van der Waals surface area contributed by atoms with Gasteiger partial charge >= 0.3 is 17.9 Å². The maximum atomic E-state index is 12.5. The summed E-state index contributed by atoms with van der Waals surface area (Å²) in [7, 11) is 0. The molecule has 0 spiro atoms. The van der Waals surface area contributed by atoms with E-state index in [0.717, 1.165) is 43.2 Å². The molecule has 2 amide bonds. The number of unbranched alkanes of at least 4 members (excludes halogenated alkanes) is 13. The van der Waals surface area contributed by atoms with Crippen LogP contribution in [0, 0.1) is 0 Å². The van der Waals surface area contributed by atoms with Gasteiger partial charge in [-0.25, -0.2) is 4.79 Å². The van der Waals surface area contributed by atoms with Crippen molar-refractivity contribution < 1.29 is 38.6 Å². The Morgan fingerprint density at radius 1 is 0.618 bits per heavy atom. The molecule has 2 aromatic rings. The van der Waals surface area contributed by atoms with Gasteiger partial charge in [-0.15, -0.1) is 0 Å². The fourth-order valence-corrected chi connectivity index (χ4v) is 7.10. The molecule has 304 valence electrons. The Kier molecular flexibility index (Phi) is 20.6. The minimum atomic E-state index is -1.16. The first-order chi connectivity index (χ1) is 26.4. The molecule has 0 radical (unpaired) electrons. The molecule has 0 unspecified atom stereocenters. The first-order valence-corrected chi connectivity index (χ1v) is 20.8. The van der Waals surface area contributed by atoms with Gasteiger partial charge in [0, 0.05) is 38.1 Å². The largest absolute Gasteiger partial charge is 0.480 e. The Labute approximate surface area is 328 Å². The summed E-state index contributed by atoms with van der Waals surface area (Å²) in [6.45, 7) is 6.22. The SMILES string of the molecule is CC(C)(C)OC(=O)CCCCCCCCCCCCCCCCC(=O)N[C@@H](CCC(=O)NCCCC(=O)OCC1c2ccccc2-c2ccccc21)C(=O)O. The Morgan fingerprint density at radius 2 is 1.09 bits per heavy atom. The van der Waals surface area contributed by atoms with Gasteiger partial charge < -0.3 is 25.2 Å². The quantitative estimate of drug-likeness (QED) is 0.0574. The lowest BCUT2D eigenvalue weighted by atomic mass is 9.98. The molecule has 3 N–H and O–H groups in total. The van der Waals surface area contributed by atoms with Crippen LogP contribution < -0.4 is 10.6 Å². The molecule has 0 bridgehead atoms. The number of carboxylic acid groups (broad SMARTS) is 1. The summed E-state index contributed by atoms with van der Waals surface area (Å²) in [5.41, 5.74) is 4.23. The summed E-state index contributed by atoms with van der Waals surface area (Å²) < 4.78 is 11.0. The second kappa shape index (κ2) is 25.0. The van der Waals surface area contributed by atoms with Crippen LogP contribution in [-0.2, 0) is 33.4 Å². The van der Waals surface area contributed by atoms with Crippen LogP contribution in [0.4, 0.5) is 0 Å². The molecule has 0 saturated heterocycles. The molecule has 0 aliphatic heterocycles. The number of hydrogen-bond donors (Lipinski definition) is 3. The Hall–Kier alpha value is -4.21. The summed E-state index contributed by atoms with van der Waals surface area (Å²) in [6, 6.07) is 15.2. The number of amides is 2. The van der Waals surface area contributed by atoms with Gasteiger partial charge in [0.25, 0.3) is 0 Å². The molecule has 10 heteroatoms. The van der Waals surface area contributed by atoms with Gasteiger partial charge in [0.05, 0.1) is 0 Å². The zero-order valence-corrected chi connectivity index (χ0v) is 33.6. The predicted molar refractivity (Wildman–Crippen MR) is 215 cm³/mol. The van der Waals surface area contributed by atoms with Crippen molar-refractivity contribution in [3.8, 4) is 11.1 Å². The van der Waals surface area contributed by atoms with Crippen LogP contribution in [0.2, 0.25) is 0 Å². The van der Waals surface area contributed by atoms with Gasteiger partial charge in [-0.2, -0.15) is 0 Å². The van der Waals surface area contributed by atoms with Crippen LogP contribution >= 0.6 is 0 Å². The van der Waals surface area contributed by atoms with Crippen molar-refractivity contribution in [2.75, 3.05) is 13.2 Å². The first-order valence-electron chi connectivity index (χ1n) is 20.8. The first kappa shape index (κ1) is 45.2. The highest BCUT2D eigenvalue weighted by Gasteiger charge is 2.29. The van der Waals surface area contributed by atoms with E-state index in [1.165, 1.54) is 62.5 Å². The molecule has 1 atom stereocenters. The normalized spacial score (nSPS) is 12.7. The molecule has 1 aliphatic rings. The van der Waals surface area contributed by atoms with E-state index in [4.69, 9.17) is 9.47 Å². The molecule has 0 aromatic heterocycles. The van der Waals surface area contributed by atoms with Crippen LogP contribution in [-0.4, -0.2) is 59.6 Å². The molecule has 0 fully saturated rings. The molecular weight excluding hydrogens is 697 g/mol. The number of carbonyl (C=O) groups is 5. The molecule has 55 heavy (non-hydrogen) atoms. The van der Waals surface area contributed by atoms with Crippen molar-refractivity contribution in [2.45, 2.75) is 167 Å². The highest BCUT2D eigenvalue weighted by atomic mass is 16.6. The Bertz CT molecular complexity index is 1450. The maximum Gasteiger partial charge on any atom is 0.326 e. The van der Waals surface area contributed by atoms with Gasteiger partial charge in [0.15, 0.2) is 0 Å². The number of carbonyl (C=O) groups excluding carboxylic acids is 4. The molecule has 1 aliphatic carbocycles. The highest BCUT2D eigenvalue weighted by Crippen LogP contribution is 2.44. The monoisotopic (exact) mass is 762 g/mol. The van der Waals surface area contributed by atoms with Gasteiger partial charge in [0.1, 0.15) is 18.2 Å². The summed E-state index contributed by atoms with van der Waals surface area (Å²) >= 11 is 0. The summed E-state index contributed by atoms with van der Waals surface area (Å²) in [5, 5.41) is 14.9. The van der Waals surface area contributed by atoms with Crippen LogP contribution in [0.15, 0.2) is 48.5 Å². The van der Waals surface area contributed by atoms with Crippen molar-refractivity contribution in [3.63, 3.8) is 0 Å². The van der Waals surface area contributed by atoms with Gasteiger partial charge in [-0.05, 0) is 68.7 Å². The van der Waals surface area contributed by atoms with Crippen molar-refractivity contribution in [1.29, 1.82) is 0 Å². The number of benzene rings is 2. The third kappa shape index (κ3) is 18.3. The lowest BCUT2D eigenvalue weighted by Gasteiger charge is -2.19. The highest BCUT2D eigenvalue weighted by molar-refractivity contribution is 5.84. The van der Waals surface area contributed by atoms with E-state index in [1.54, 1.807) is 0 Å². The molecule has 3 rings (SSSR count). The van der Waals surface area contributed by atoms with E-state index in [1.807, 2.05) is 45.0 Å². The fraction of sp³-hybridized carbons (Fsp3) is 0.622. The standard InChI is InChI=1S/C45H66N2O8/c1-45(2,3)55-43(51)28-17-15-13-11-9-7-5-4-6-8-10-12-14-16-27-41(49)47-39(44(52)53)30-31-40(48)46-32-22-29-42(50)54-33-38-36-25-20-18-23-34(36)35-24-19-21-26-37(35)38/h18-21,23-26,38-39H,4-17,22,27-33H2,1-3H3,(H,46,48)(H,47,49)(H,52,53)/t39-/m0/s1. The zero-order valence-electron chi connectivity index (χ0n) is 33.6. The van der Waals surface area contributed by atoms with Crippen molar-refractivity contribution >= 4 is 29.7 Å². The van der Waals surface area contributed by atoms with E-state index in [0.29, 0.717) is 19.3 Å². The van der Waals surface area contributed by atoms with Crippen LogP contribution in [0.5, 0.6) is 0 Å². The predicted octanol–water partition coefficient (Wildman–Crippen LogP) is 9.17. The maximum absolute atomic E-state index is 12.5. The topological polar surface area (TPSA) is 148 Å². The molecule has 10 nitrogen and oxygen atoms in total. The second-order valence-corrected chi connectivity index (χ2v) is 15.9. The molecule has 0 heterocycles. The van der Waals surface area contributed by atoms with E-state index in [2.05, 4.69) is 34.9 Å². The van der Waals surface area contributed by atoms with Crippen LogP contribution in [0.3, 0.4) is 0 Å². The summed E-state index contributed by atoms with van der Waals surface area (Å²) in [4.78, 5) is 60.7. The number of hydrogen-bond acceptors (Lipinski definition) is 7. The number of rotatable bonds is 28. The number of aliphatic carboxylic acids is 1. The minimum absolute atomic E-state index is 0.00483. The minimum Gasteiger partial charge on any atom is -0.480 e. The third-order valence-electron chi connectivity index (χ3n) is 10.0. The second-order valence-electron chi connectivity index (χ2n) is 15.9. The summed E-state index contributed by atoms with van der Waals surface area (Å²) in [6.07, 6.45) is 16.9. The number of nitrogens with one attached hydrogen (secondary N) is 2. The average Bonchev–Trinajstić information content (AvgIpc) is 3.46. The van der Waals surface area contributed by atoms with Crippen LogP contribution in [0.1, 0.15) is 166 Å². The summed E-state index contributed by atoms with van der Waals surface area (Å²) in [5.74, 6) is -2.22. The third-order valence-corrected chi connectivity index (χ3v) is 10.0. The molecular formula is C45H66N2O8. The van der Waals surface area contributed by atoms with E-state index in [9.17, 15) is 29.1 Å². The lowest BCUT2D eigenvalue weighted by molar-refractivity contribution is -0.155. The van der Waals surface area contributed by atoms with Crippen molar-refractivity contribution in [2.24, 2.45) is 0 Å². The number of carboxylic acids is 1. The lowest BCUT2D eigenvalue weighted by Crippen LogP contribution is -2.41. The van der Waals surface area contributed by atoms with Gasteiger partial charge in [-0.1, -0.05) is 126 Å². The number of esters is 2. The van der Waals surface area contributed by atoms with Gasteiger partial charge in [0.2, 0.25) is 11.8 Å². The van der Waals surface area contributed by atoms with Crippen LogP contribution in [0.25, 0.3) is 11.1 Å². The van der Waals surface area contributed by atoms with Crippen molar-refractivity contribution in [1.82, 2.24) is 10.6 Å². The number of fused-ring (bicyclic) bond motifs is 3. The van der Waals surface area contributed by atoms with E-state index in [-0.39, 0.29) is 68.5 Å². The smallest absolute Gasteiger partial charge is 0.326 e. The van der Waals surface area contributed by atoms with E-state index < -0.39 is 17.6 Å². The Morgan fingerprint density at radius 3 is 1.60 bits per heavy atom. The Balaban J connectivity index is 1.13. The average molecular weight is 763 g/mol. The molecule has 2 aromatic carbocycles. The molecule has 0 saturated carbocycles. The zero-order chi connectivity index (χ0) is 39.9. The number of ether oxygens (including phenoxy) is 2. The fourth-order valence-electron chi connectivity index (χ4n) is 7.10. The van der Waals surface area contributed by atoms with E-state index >= 15 is 0 Å². The van der Waals surface area contributed by atoms with Crippen molar-refractivity contribution in [3.05, 3.63) is 59.7 Å². The van der Waals surface area contributed by atoms with Gasteiger partial charge in [-0.3, -0.25) is 19.2 Å².